The second-order valence-electron chi connectivity index (χ2n) is 5.98. The van der Waals surface area contributed by atoms with Crippen LogP contribution in [0.5, 0.6) is 11.5 Å². The minimum atomic E-state index is -0.147. The summed E-state index contributed by atoms with van der Waals surface area (Å²) in [6, 6.07) is 24.2. The average Bonchev–Trinajstić information content (AvgIpc) is 2.97. The Labute approximate surface area is 177 Å². The zero-order valence-electron chi connectivity index (χ0n) is 14.5. The van der Waals surface area contributed by atoms with Crippen molar-refractivity contribution < 1.29 is 9.53 Å². The molecule has 138 valence electrons. The fourth-order valence-corrected chi connectivity index (χ4v) is 4.15. The monoisotopic (exact) mass is 423 g/mol. The lowest BCUT2D eigenvalue weighted by atomic mass is 10.2. The standard InChI is InChI=1S/C22H14ClNO2S2/c23-16-9-11-17(12-10-16)24-21(25)20(28-22(24)27)14-15-5-4-8-19(13-15)26-18-6-2-1-3-7-18/h1-14H. The van der Waals surface area contributed by atoms with E-state index in [-0.39, 0.29) is 5.91 Å². The van der Waals surface area contributed by atoms with Crippen LogP contribution in [0.3, 0.4) is 0 Å². The number of carbonyl (C=O) groups excluding carboxylic acids is 1. The fourth-order valence-electron chi connectivity index (χ4n) is 2.72. The first-order valence-corrected chi connectivity index (χ1v) is 10.1. The molecule has 28 heavy (non-hydrogen) atoms. The van der Waals surface area contributed by atoms with E-state index in [4.69, 9.17) is 28.6 Å². The van der Waals surface area contributed by atoms with Gasteiger partial charge in [-0.25, -0.2) is 0 Å². The van der Waals surface area contributed by atoms with Crippen LogP contribution in [0.2, 0.25) is 5.02 Å². The Morgan fingerprint density at radius 2 is 1.64 bits per heavy atom. The molecule has 0 N–H and O–H groups in total. The molecule has 6 heteroatoms. The Morgan fingerprint density at radius 3 is 2.39 bits per heavy atom. The van der Waals surface area contributed by atoms with Crippen molar-refractivity contribution in [2.75, 3.05) is 4.90 Å². The predicted octanol–water partition coefficient (Wildman–Crippen LogP) is 6.54. The van der Waals surface area contributed by atoms with Crippen LogP contribution in [0, 0.1) is 0 Å². The summed E-state index contributed by atoms with van der Waals surface area (Å²) in [6.07, 6.45) is 1.83. The number of ether oxygens (including phenoxy) is 1. The van der Waals surface area contributed by atoms with Gasteiger partial charge in [0.25, 0.3) is 5.91 Å². The summed E-state index contributed by atoms with van der Waals surface area (Å²) >= 11 is 12.6. The second kappa shape index (κ2) is 8.19. The minimum Gasteiger partial charge on any atom is -0.457 e. The predicted molar refractivity (Wildman–Crippen MR) is 120 cm³/mol. The smallest absolute Gasteiger partial charge is 0.270 e. The van der Waals surface area contributed by atoms with Crippen LogP contribution in [0.1, 0.15) is 5.56 Å². The summed E-state index contributed by atoms with van der Waals surface area (Å²) in [5, 5.41) is 0.611. The number of anilines is 1. The summed E-state index contributed by atoms with van der Waals surface area (Å²) in [5.74, 6) is 1.31. The highest BCUT2D eigenvalue weighted by molar-refractivity contribution is 8.27. The van der Waals surface area contributed by atoms with Crippen LogP contribution >= 0.6 is 35.6 Å². The zero-order chi connectivity index (χ0) is 19.5. The Kier molecular flexibility index (Phi) is 5.48. The van der Waals surface area contributed by atoms with Gasteiger partial charge in [0.2, 0.25) is 0 Å². The van der Waals surface area contributed by atoms with Crippen LogP contribution in [0.15, 0.2) is 83.8 Å². The van der Waals surface area contributed by atoms with Crippen molar-refractivity contribution in [2.45, 2.75) is 0 Å². The Morgan fingerprint density at radius 1 is 0.929 bits per heavy atom. The fraction of sp³-hybridized carbons (Fsp3) is 0. The van der Waals surface area contributed by atoms with Gasteiger partial charge < -0.3 is 4.74 Å². The van der Waals surface area contributed by atoms with Crippen molar-refractivity contribution in [3.63, 3.8) is 0 Å². The Bertz CT molecular complexity index is 1070. The maximum absolute atomic E-state index is 12.9. The molecule has 0 unspecified atom stereocenters. The summed E-state index contributed by atoms with van der Waals surface area (Å²) < 4.78 is 6.36. The van der Waals surface area contributed by atoms with Gasteiger partial charge in [0, 0.05) is 5.02 Å². The number of nitrogens with zero attached hydrogens (tertiary/aromatic N) is 1. The molecule has 1 aliphatic rings. The minimum absolute atomic E-state index is 0.147. The Hall–Kier alpha value is -2.60. The van der Waals surface area contributed by atoms with Crippen molar-refractivity contribution in [1.82, 2.24) is 0 Å². The van der Waals surface area contributed by atoms with Gasteiger partial charge in [0.1, 0.15) is 11.5 Å². The SMILES string of the molecule is O=C1C(=Cc2cccc(Oc3ccccc3)c2)SC(=S)N1c1ccc(Cl)cc1. The summed E-state index contributed by atoms with van der Waals surface area (Å²) in [5.41, 5.74) is 1.57. The third-order valence-electron chi connectivity index (χ3n) is 4.01. The molecule has 1 heterocycles. The third-order valence-corrected chi connectivity index (χ3v) is 5.57. The molecule has 0 spiro atoms. The molecule has 0 atom stereocenters. The number of thiocarbonyl (C=S) groups is 1. The highest BCUT2D eigenvalue weighted by atomic mass is 35.5. The topological polar surface area (TPSA) is 29.5 Å². The molecule has 0 saturated carbocycles. The molecule has 3 aromatic carbocycles. The molecular formula is C22H14ClNO2S2. The van der Waals surface area contributed by atoms with Crippen LogP contribution < -0.4 is 9.64 Å². The van der Waals surface area contributed by atoms with Gasteiger partial charge in [-0.1, -0.05) is 65.9 Å². The number of carbonyl (C=O) groups is 1. The number of rotatable bonds is 4. The van der Waals surface area contributed by atoms with Crippen LogP contribution in [-0.2, 0) is 4.79 Å². The van der Waals surface area contributed by atoms with E-state index in [0.717, 1.165) is 11.3 Å². The molecule has 0 aromatic heterocycles. The molecule has 1 amide bonds. The third kappa shape index (κ3) is 4.12. The molecule has 3 nitrogen and oxygen atoms in total. The first-order valence-electron chi connectivity index (χ1n) is 8.47. The van der Waals surface area contributed by atoms with Gasteiger partial charge >= 0.3 is 0 Å². The van der Waals surface area contributed by atoms with E-state index in [0.29, 0.717) is 25.7 Å². The van der Waals surface area contributed by atoms with Crippen molar-refractivity contribution in [2.24, 2.45) is 0 Å². The number of para-hydroxylation sites is 1. The average molecular weight is 424 g/mol. The molecule has 1 saturated heterocycles. The van der Waals surface area contributed by atoms with Gasteiger partial charge in [-0.3, -0.25) is 9.69 Å². The lowest BCUT2D eigenvalue weighted by Gasteiger charge is -2.14. The summed E-state index contributed by atoms with van der Waals surface area (Å²) in [4.78, 5) is 15.0. The largest absolute Gasteiger partial charge is 0.457 e. The molecular weight excluding hydrogens is 410 g/mol. The first-order chi connectivity index (χ1) is 13.6. The quantitative estimate of drug-likeness (QED) is 0.352. The first kappa shape index (κ1) is 18.7. The normalized spacial score (nSPS) is 15.3. The van der Waals surface area contributed by atoms with Crippen LogP contribution in [-0.4, -0.2) is 10.2 Å². The number of thioether (sulfide) groups is 1. The lowest BCUT2D eigenvalue weighted by Crippen LogP contribution is -2.27. The summed E-state index contributed by atoms with van der Waals surface area (Å²) in [7, 11) is 0. The van der Waals surface area contributed by atoms with E-state index in [1.54, 1.807) is 24.3 Å². The second-order valence-corrected chi connectivity index (χ2v) is 8.09. The molecule has 1 fully saturated rings. The van der Waals surface area contributed by atoms with Gasteiger partial charge in [0.05, 0.1) is 10.6 Å². The number of halogens is 1. The number of amides is 1. The number of hydrogen-bond donors (Lipinski definition) is 0. The summed E-state index contributed by atoms with van der Waals surface area (Å²) in [6.45, 7) is 0. The zero-order valence-corrected chi connectivity index (χ0v) is 16.9. The van der Waals surface area contributed by atoms with E-state index in [9.17, 15) is 4.79 Å². The maximum atomic E-state index is 12.9. The molecule has 3 aromatic rings. The maximum Gasteiger partial charge on any atom is 0.270 e. The Balaban J connectivity index is 1.57. The van der Waals surface area contributed by atoms with Gasteiger partial charge in [0.15, 0.2) is 4.32 Å². The van der Waals surface area contributed by atoms with Gasteiger partial charge in [-0.05, 0) is 60.2 Å². The lowest BCUT2D eigenvalue weighted by molar-refractivity contribution is -0.113. The van der Waals surface area contributed by atoms with Crippen molar-refractivity contribution >= 4 is 57.6 Å². The van der Waals surface area contributed by atoms with E-state index >= 15 is 0 Å². The van der Waals surface area contributed by atoms with E-state index in [2.05, 4.69) is 0 Å². The van der Waals surface area contributed by atoms with Crippen molar-refractivity contribution in [3.8, 4) is 11.5 Å². The highest BCUT2D eigenvalue weighted by Gasteiger charge is 2.33. The van der Waals surface area contributed by atoms with Crippen LogP contribution in [0.25, 0.3) is 6.08 Å². The highest BCUT2D eigenvalue weighted by Crippen LogP contribution is 2.36. The van der Waals surface area contributed by atoms with Crippen LogP contribution in [0.4, 0.5) is 5.69 Å². The molecule has 0 aliphatic carbocycles. The van der Waals surface area contributed by atoms with Gasteiger partial charge in [-0.15, -0.1) is 0 Å². The molecule has 0 radical (unpaired) electrons. The number of hydrogen-bond acceptors (Lipinski definition) is 4. The van der Waals surface area contributed by atoms with E-state index < -0.39 is 0 Å². The van der Waals surface area contributed by atoms with Gasteiger partial charge in [-0.2, -0.15) is 0 Å². The molecule has 1 aliphatic heterocycles. The molecule has 4 rings (SSSR count). The van der Waals surface area contributed by atoms with E-state index in [1.165, 1.54) is 16.7 Å². The molecule has 0 bridgehead atoms. The van der Waals surface area contributed by atoms with Crippen molar-refractivity contribution in [1.29, 1.82) is 0 Å². The number of benzene rings is 3. The van der Waals surface area contributed by atoms with E-state index in [1.807, 2.05) is 60.7 Å². The van der Waals surface area contributed by atoms with Crippen molar-refractivity contribution in [3.05, 3.63) is 94.4 Å².